The molecular weight excluding hydrogens is 248 g/mol. The first-order valence-electron chi connectivity index (χ1n) is 7.20. The van der Waals surface area contributed by atoms with Crippen LogP contribution in [0.3, 0.4) is 0 Å². The Morgan fingerprint density at radius 3 is 2.60 bits per heavy atom. The summed E-state index contributed by atoms with van der Waals surface area (Å²) in [6.07, 6.45) is 3.16. The van der Waals surface area contributed by atoms with E-state index in [1.54, 1.807) is 0 Å². The second kappa shape index (κ2) is 5.02. The standard InChI is InChI=1S/C16H22N4/c1-11-7-14(15-9-17-20(4)12(15)2)8-16(18-11)13-5-6-19(3)10-13/h7-9,13H,5-6,10H2,1-4H3. The summed E-state index contributed by atoms with van der Waals surface area (Å²) in [6, 6.07) is 4.41. The van der Waals surface area contributed by atoms with E-state index in [9.17, 15) is 0 Å². The lowest BCUT2D eigenvalue weighted by molar-refractivity contribution is 0.410. The lowest BCUT2D eigenvalue weighted by Gasteiger charge is -2.12. The van der Waals surface area contributed by atoms with Crippen LogP contribution in [-0.4, -0.2) is 39.8 Å². The smallest absolute Gasteiger partial charge is 0.0571 e. The van der Waals surface area contributed by atoms with E-state index < -0.39 is 0 Å². The van der Waals surface area contributed by atoms with Gasteiger partial charge in [-0.2, -0.15) is 5.10 Å². The van der Waals surface area contributed by atoms with Crippen LogP contribution in [0.15, 0.2) is 18.3 Å². The van der Waals surface area contributed by atoms with Crippen LogP contribution in [0, 0.1) is 13.8 Å². The first-order chi connectivity index (χ1) is 9.54. The lowest BCUT2D eigenvalue weighted by atomic mass is 9.99. The zero-order chi connectivity index (χ0) is 14.3. The third-order valence-corrected chi connectivity index (χ3v) is 4.33. The van der Waals surface area contributed by atoms with Crippen molar-refractivity contribution in [2.24, 2.45) is 7.05 Å². The van der Waals surface area contributed by atoms with Crippen molar-refractivity contribution in [2.45, 2.75) is 26.2 Å². The summed E-state index contributed by atoms with van der Waals surface area (Å²) in [5.41, 5.74) is 5.98. The lowest BCUT2D eigenvalue weighted by Crippen LogP contribution is -2.14. The molecular formula is C16H22N4. The molecule has 0 bridgehead atoms. The van der Waals surface area contributed by atoms with Crippen LogP contribution in [0.5, 0.6) is 0 Å². The van der Waals surface area contributed by atoms with Crippen LogP contribution in [0.2, 0.25) is 0 Å². The van der Waals surface area contributed by atoms with Crippen LogP contribution in [0.25, 0.3) is 11.1 Å². The van der Waals surface area contributed by atoms with Crippen molar-refractivity contribution in [3.63, 3.8) is 0 Å². The van der Waals surface area contributed by atoms with E-state index in [-0.39, 0.29) is 0 Å². The summed E-state index contributed by atoms with van der Waals surface area (Å²) in [6.45, 7) is 6.47. The van der Waals surface area contributed by atoms with Gasteiger partial charge in [-0.25, -0.2) is 0 Å². The van der Waals surface area contributed by atoms with E-state index in [1.807, 2.05) is 17.9 Å². The average Bonchev–Trinajstić information content (AvgIpc) is 2.97. The summed E-state index contributed by atoms with van der Waals surface area (Å²) in [4.78, 5) is 7.14. The van der Waals surface area contributed by atoms with Crippen LogP contribution >= 0.6 is 0 Å². The number of aryl methyl sites for hydroxylation is 2. The molecule has 0 radical (unpaired) electrons. The minimum Gasteiger partial charge on any atom is -0.306 e. The average molecular weight is 270 g/mol. The first kappa shape index (κ1) is 13.3. The van der Waals surface area contributed by atoms with Crippen LogP contribution in [0.4, 0.5) is 0 Å². The van der Waals surface area contributed by atoms with E-state index in [1.165, 1.54) is 35.5 Å². The predicted molar refractivity (Wildman–Crippen MR) is 80.8 cm³/mol. The number of hydrogen-bond donors (Lipinski definition) is 0. The molecule has 0 amide bonds. The number of aromatic nitrogens is 3. The van der Waals surface area contributed by atoms with E-state index >= 15 is 0 Å². The summed E-state index contributed by atoms with van der Waals surface area (Å²) in [7, 11) is 4.17. The molecule has 0 aliphatic carbocycles. The molecule has 1 saturated heterocycles. The van der Waals surface area contributed by atoms with Crippen molar-refractivity contribution < 1.29 is 0 Å². The molecule has 106 valence electrons. The van der Waals surface area contributed by atoms with Gasteiger partial charge in [-0.1, -0.05) is 0 Å². The molecule has 0 N–H and O–H groups in total. The third-order valence-electron chi connectivity index (χ3n) is 4.33. The second-order valence-electron chi connectivity index (χ2n) is 5.94. The van der Waals surface area contributed by atoms with E-state index in [2.05, 4.69) is 43.0 Å². The highest BCUT2D eigenvalue weighted by Gasteiger charge is 2.23. The maximum absolute atomic E-state index is 4.76. The third kappa shape index (κ3) is 2.36. The maximum Gasteiger partial charge on any atom is 0.0571 e. The summed E-state index contributed by atoms with van der Waals surface area (Å²) in [5.74, 6) is 0.565. The molecule has 2 aromatic heterocycles. The molecule has 3 heterocycles. The monoisotopic (exact) mass is 270 g/mol. The predicted octanol–water partition coefficient (Wildman–Crippen LogP) is 2.52. The Balaban J connectivity index is 2.00. The molecule has 0 spiro atoms. The Bertz CT molecular complexity index is 629. The molecule has 4 heteroatoms. The zero-order valence-corrected chi connectivity index (χ0v) is 12.7. The summed E-state index contributed by atoms with van der Waals surface area (Å²) < 4.78 is 1.92. The molecule has 20 heavy (non-hydrogen) atoms. The van der Waals surface area contributed by atoms with E-state index in [0.717, 1.165) is 12.2 Å². The van der Waals surface area contributed by atoms with E-state index in [0.29, 0.717) is 5.92 Å². The normalized spacial score (nSPS) is 19.7. The zero-order valence-electron chi connectivity index (χ0n) is 12.7. The molecule has 2 aromatic rings. The summed E-state index contributed by atoms with van der Waals surface area (Å²) in [5, 5.41) is 4.35. The largest absolute Gasteiger partial charge is 0.306 e. The highest BCUT2D eigenvalue weighted by atomic mass is 15.3. The molecule has 1 fully saturated rings. The van der Waals surface area contributed by atoms with Gasteiger partial charge in [0.25, 0.3) is 0 Å². The topological polar surface area (TPSA) is 34.0 Å². The highest BCUT2D eigenvalue weighted by molar-refractivity contribution is 5.66. The fraction of sp³-hybridized carbons (Fsp3) is 0.500. The van der Waals surface area contributed by atoms with Crippen molar-refractivity contribution in [1.82, 2.24) is 19.7 Å². The SMILES string of the molecule is Cc1cc(-c2cnn(C)c2C)cc(C2CCN(C)C2)n1. The van der Waals surface area contributed by atoms with Crippen molar-refractivity contribution in [1.29, 1.82) is 0 Å². The Morgan fingerprint density at radius 2 is 2.00 bits per heavy atom. The van der Waals surface area contributed by atoms with Gasteiger partial charge in [0, 0.05) is 42.2 Å². The van der Waals surface area contributed by atoms with Gasteiger partial charge in [-0.3, -0.25) is 9.67 Å². The van der Waals surface area contributed by atoms with Crippen molar-refractivity contribution >= 4 is 0 Å². The molecule has 0 saturated carbocycles. The first-order valence-corrected chi connectivity index (χ1v) is 7.20. The minimum absolute atomic E-state index is 0.565. The Morgan fingerprint density at radius 1 is 1.20 bits per heavy atom. The number of likely N-dealkylation sites (N-methyl/N-ethyl adjacent to an activating group) is 1. The summed E-state index contributed by atoms with van der Waals surface area (Å²) >= 11 is 0. The van der Waals surface area contributed by atoms with Gasteiger partial charge in [-0.15, -0.1) is 0 Å². The molecule has 1 aliphatic rings. The van der Waals surface area contributed by atoms with Gasteiger partial charge in [0.2, 0.25) is 0 Å². The molecule has 0 aromatic carbocycles. The maximum atomic E-state index is 4.76. The number of likely N-dealkylation sites (tertiary alicyclic amines) is 1. The van der Waals surface area contributed by atoms with E-state index in [4.69, 9.17) is 4.98 Å². The minimum atomic E-state index is 0.565. The number of rotatable bonds is 2. The highest BCUT2D eigenvalue weighted by Crippen LogP contribution is 2.30. The van der Waals surface area contributed by atoms with Gasteiger partial charge in [0.1, 0.15) is 0 Å². The Kier molecular flexibility index (Phi) is 3.34. The van der Waals surface area contributed by atoms with Crippen LogP contribution in [-0.2, 0) is 7.05 Å². The van der Waals surface area contributed by atoms with Crippen LogP contribution in [0.1, 0.15) is 29.4 Å². The van der Waals surface area contributed by atoms with Gasteiger partial charge >= 0.3 is 0 Å². The van der Waals surface area contributed by atoms with Crippen LogP contribution < -0.4 is 0 Å². The number of hydrogen-bond acceptors (Lipinski definition) is 3. The molecule has 1 atom stereocenters. The number of nitrogens with zero attached hydrogens (tertiary/aromatic N) is 4. The molecule has 4 nitrogen and oxygen atoms in total. The fourth-order valence-electron chi connectivity index (χ4n) is 3.02. The van der Waals surface area contributed by atoms with Gasteiger partial charge < -0.3 is 4.90 Å². The molecule has 1 unspecified atom stereocenters. The molecule has 1 aliphatic heterocycles. The Labute approximate surface area is 120 Å². The second-order valence-corrected chi connectivity index (χ2v) is 5.94. The Hall–Kier alpha value is -1.68. The van der Waals surface area contributed by atoms with Crippen molar-refractivity contribution in [3.8, 4) is 11.1 Å². The van der Waals surface area contributed by atoms with Crippen molar-refractivity contribution in [2.75, 3.05) is 20.1 Å². The van der Waals surface area contributed by atoms with Gasteiger partial charge in [0.15, 0.2) is 0 Å². The van der Waals surface area contributed by atoms with Gasteiger partial charge in [0.05, 0.1) is 6.20 Å². The number of pyridine rings is 1. The van der Waals surface area contributed by atoms with Gasteiger partial charge in [-0.05, 0) is 51.6 Å². The van der Waals surface area contributed by atoms with Crippen molar-refractivity contribution in [3.05, 3.63) is 35.4 Å². The molecule has 3 rings (SSSR count). The fourth-order valence-corrected chi connectivity index (χ4v) is 3.02. The quantitative estimate of drug-likeness (QED) is 0.841.